The Morgan fingerprint density at radius 1 is 0.595 bits per heavy atom. The van der Waals surface area contributed by atoms with E-state index in [1.165, 1.54) is 0 Å². The van der Waals surface area contributed by atoms with Crippen molar-refractivity contribution in [1.29, 1.82) is 0 Å². The van der Waals surface area contributed by atoms with Crippen molar-refractivity contribution in [2.75, 3.05) is 25.6 Å². The Morgan fingerprint density at radius 2 is 1.05 bits per heavy atom. The molecule has 0 radical (unpaired) electrons. The molecular formula is C21H34O15S. The van der Waals surface area contributed by atoms with Gasteiger partial charge in [0.25, 0.3) is 0 Å². The predicted octanol–water partition coefficient (Wildman–Crippen LogP) is -6.20. The van der Waals surface area contributed by atoms with Gasteiger partial charge < -0.3 is 74.7 Å². The summed E-state index contributed by atoms with van der Waals surface area (Å²) in [6.45, 7) is -2.15. The van der Waals surface area contributed by atoms with E-state index >= 15 is 0 Å². The van der Waals surface area contributed by atoms with Gasteiger partial charge in [-0.15, -0.1) is 18.2 Å². The van der Waals surface area contributed by atoms with E-state index in [0.717, 1.165) is 11.8 Å². The molecule has 3 saturated heterocycles. The van der Waals surface area contributed by atoms with E-state index in [2.05, 4.69) is 5.92 Å². The van der Waals surface area contributed by atoms with Gasteiger partial charge in [-0.25, -0.2) is 0 Å². The highest BCUT2D eigenvalue weighted by atomic mass is 32.2. The Morgan fingerprint density at radius 3 is 1.59 bits per heavy atom. The standard InChI is InChI=1S/C21H34O15S/c1-2-3-37-21-18(15(30)12(27)9(6-24)34-21)36-20-17(14(29)11(26)8(5-23)33-20)35-19-16(31)13(28)10(25)7(4-22)32-19/h1,7-31H,3-6H2/t7-,8-,9+,10-,11-,12+,13+,14+,15-,16+,17+,18-,19-,20-,21-/m0/s1. The molecule has 16 heteroatoms. The second kappa shape index (κ2) is 13.6. The van der Waals surface area contributed by atoms with E-state index in [-0.39, 0.29) is 5.75 Å². The van der Waals surface area contributed by atoms with Gasteiger partial charge in [-0.1, -0.05) is 5.92 Å². The minimum absolute atomic E-state index is 0.0857. The van der Waals surface area contributed by atoms with Crippen molar-refractivity contribution >= 4 is 11.8 Å². The number of terminal acetylenes is 1. The molecule has 0 aliphatic carbocycles. The summed E-state index contributed by atoms with van der Waals surface area (Å²) >= 11 is 0.991. The topological polar surface area (TPSA) is 248 Å². The molecule has 0 aromatic rings. The molecule has 0 aromatic carbocycles. The molecule has 3 aliphatic heterocycles. The molecule has 15 atom stereocenters. The van der Waals surface area contributed by atoms with Crippen LogP contribution in [0.5, 0.6) is 0 Å². The Balaban J connectivity index is 1.86. The van der Waals surface area contributed by atoms with Gasteiger partial charge in [0.05, 0.1) is 25.6 Å². The molecule has 10 N–H and O–H groups in total. The van der Waals surface area contributed by atoms with E-state index in [1.54, 1.807) is 0 Å². The first-order chi connectivity index (χ1) is 17.6. The van der Waals surface area contributed by atoms with Crippen LogP contribution in [0.25, 0.3) is 0 Å². The number of rotatable bonds is 9. The summed E-state index contributed by atoms with van der Waals surface area (Å²) in [7, 11) is 0. The molecule has 3 rings (SSSR count). The van der Waals surface area contributed by atoms with Crippen LogP contribution >= 0.6 is 11.8 Å². The van der Waals surface area contributed by atoms with Crippen molar-refractivity contribution in [3.05, 3.63) is 0 Å². The summed E-state index contributed by atoms with van der Waals surface area (Å²) in [6.07, 6.45) is -17.3. The lowest BCUT2D eigenvalue weighted by Crippen LogP contribution is -2.66. The van der Waals surface area contributed by atoms with Crippen LogP contribution in [0, 0.1) is 12.3 Å². The van der Waals surface area contributed by atoms with Crippen LogP contribution in [0.15, 0.2) is 0 Å². The third-order valence-electron chi connectivity index (χ3n) is 6.41. The Hall–Kier alpha value is -0.690. The largest absolute Gasteiger partial charge is 0.394 e. The average molecular weight is 559 g/mol. The second-order valence-electron chi connectivity index (χ2n) is 8.83. The number of thioether (sulfide) groups is 1. The van der Waals surface area contributed by atoms with Crippen LogP contribution in [0.3, 0.4) is 0 Å². The molecule has 0 spiro atoms. The lowest BCUT2D eigenvalue weighted by Gasteiger charge is -2.48. The SMILES string of the molecule is C#CCS[C@@H]1O[C@H](CO)[C@@H](O)[C@H](O)[C@@H]1O[C@@H]1O[C@@H](CO)[C@H](O)[C@@H](O)[C@H]1O[C@@H]1O[C@@H](CO)[C@H](O)[C@@H](O)[C@H]1O. The minimum atomic E-state index is -1.87. The molecule has 3 heterocycles. The summed E-state index contributed by atoms with van der Waals surface area (Å²) < 4.78 is 27.9. The normalized spacial score (nSPS) is 48.9. The molecule has 3 aliphatic rings. The maximum absolute atomic E-state index is 10.7. The van der Waals surface area contributed by atoms with Crippen molar-refractivity contribution < 1.29 is 74.7 Å². The van der Waals surface area contributed by atoms with E-state index in [1.807, 2.05) is 0 Å². The highest BCUT2D eigenvalue weighted by molar-refractivity contribution is 8.00. The van der Waals surface area contributed by atoms with Crippen LogP contribution in [0.4, 0.5) is 0 Å². The summed E-state index contributed by atoms with van der Waals surface area (Å²) in [5, 5.41) is 101. The molecular weight excluding hydrogens is 524 g/mol. The van der Waals surface area contributed by atoms with Crippen molar-refractivity contribution in [3.8, 4) is 12.3 Å². The number of hydrogen-bond donors (Lipinski definition) is 10. The third kappa shape index (κ3) is 6.56. The number of hydrogen-bond acceptors (Lipinski definition) is 16. The molecule has 0 amide bonds. The van der Waals surface area contributed by atoms with Gasteiger partial charge in [-0.3, -0.25) is 0 Å². The fraction of sp³-hybridized carbons (Fsp3) is 0.905. The second-order valence-corrected chi connectivity index (χ2v) is 9.91. The van der Waals surface area contributed by atoms with E-state index < -0.39 is 111 Å². The van der Waals surface area contributed by atoms with Gasteiger partial charge in [-0.05, 0) is 0 Å². The molecule has 15 nitrogen and oxygen atoms in total. The highest BCUT2D eigenvalue weighted by Gasteiger charge is 2.53. The van der Waals surface area contributed by atoms with Gasteiger partial charge in [0.2, 0.25) is 0 Å². The molecule has 0 saturated carbocycles. The molecule has 0 bridgehead atoms. The van der Waals surface area contributed by atoms with Crippen molar-refractivity contribution in [2.45, 2.75) is 91.3 Å². The van der Waals surface area contributed by atoms with E-state index in [4.69, 9.17) is 30.1 Å². The molecule has 37 heavy (non-hydrogen) atoms. The van der Waals surface area contributed by atoms with Crippen molar-refractivity contribution in [2.24, 2.45) is 0 Å². The van der Waals surface area contributed by atoms with Gasteiger partial charge >= 0.3 is 0 Å². The maximum atomic E-state index is 10.7. The summed E-state index contributed by atoms with van der Waals surface area (Å²) in [5.41, 5.74) is -1.06. The lowest BCUT2D eigenvalue weighted by atomic mass is 9.96. The summed E-state index contributed by atoms with van der Waals surface area (Å²) in [4.78, 5) is 0. The quantitative estimate of drug-likeness (QED) is 0.118. The number of aliphatic hydroxyl groups is 10. The lowest BCUT2D eigenvalue weighted by molar-refractivity contribution is -0.379. The highest BCUT2D eigenvalue weighted by Crippen LogP contribution is 2.35. The monoisotopic (exact) mass is 558 g/mol. The van der Waals surface area contributed by atoms with E-state index in [9.17, 15) is 51.1 Å². The zero-order valence-electron chi connectivity index (χ0n) is 19.5. The van der Waals surface area contributed by atoms with Crippen LogP contribution in [-0.4, -0.2) is 168 Å². The Bertz CT molecular complexity index is 754. The molecule has 0 unspecified atom stereocenters. The first-order valence-corrected chi connectivity index (χ1v) is 12.6. The summed E-state index contributed by atoms with van der Waals surface area (Å²) in [6, 6.07) is 0. The fourth-order valence-corrected chi connectivity index (χ4v) is 5.16. The minimum Gasteiger partial charge on any atom is -0.394 e. The van der Waals surface area contributed by atoms with Gasteiger partial charge in [0.1, 0.15) is 78.7 Å². The van der Waals surface area contributed by atoms with Crippen molar-refractivity contribution in [1.82, 2.24) is 0 Å². The van der Waals surface area contributed by atoms with Crippen LogP contribution < -0.4 is 0 Å². The molecule has 0 aromatic heterocycles. The maximum Gasteiger partial charge on any atom is 0.187 e. The van der Waals surface area contributed by atoms with Gasteiger partial charge in [0.15, 0.2) is 12.6 Å². The fourth-order valence-electron chi connectivity index (χ4n) is 4.27. The van der Waals surface area contributed by atoms with Gasteiger partial charge in [-0.2, -0.15) is 0 Å². The third-order valence-corrected chi connectivity index (χ3v) is 7.45. The average Bonchev–Trinajstić information content (AvgIpc) is 2.90. The van der Waals surface area contributed by atoms with E-state index in [0.29, 0.717) is 0 Å². The summed E-state index contributed by atoms with van der Waals surface area (Å²) in [5.74, 6) is 2.45. The number of aliphatic hydroxyl groups excluding tert-OH is 10. The Kier molecular flexibility index (Phi) is 11.3. The number of ether oxygens (including phenoxy) is 5. The smallest absolute Gasteiger partial charge is 0.187 e. The zero-order valence-corrected chi connectivity index (χ0v) is 20.3. The van der Waals surface area contributed by atoms with Crippen molar-refractivity contribution in [3.63, 3.8) is 0 Å². The molecule has 214 valence electrons. The molecule has 3 fully saturated rings. The first-order valence-electron chi connectivity index (χ1n) is 11.5. The first kappa shape index (κ1) is 30.8. The van der Waals surface area contributed by atoms with Crippen LogP contribution in [0.2, 0.25) is 0 Å². The van der Waals surface area contributed by atoms with Gasteiger partial charge in [0, 0.05) is 0 Å². The predicted molar refractivity (Wildman–Crippen MR) is 120 cm³/mol. The zero-order chi connectivity index (χ0) is 27.4. The van der Waals surface area contributed by atoms with Crippen LogP contribution in [-0.2, 0) is 23.7 Å². The Labute approximate surface area is 216 Å². The van der Waals surface area contributed by atoms with Crippen LogP contribution in [0.1, 0.15) is 0 Å².